The van der Waals surface area contributed by atoms with Crippen molar-refractivity contribution in [2.75, 3.05) is 24.6 Å². The van der Waals surface area contributed by atoms with Gasteiger partial charge in [0.05, 0.1) is 17.9 Å². The van der Waals surface area contributed by atoms with E-state index in [1.807, 2.05) is 24.3 Å². The first-order valence-corrected chi connectivity index (χ1v) is 11.8. The van der Waals surface area contributed by atoms with Gasteiger partial charge in [-0.05, 0) is 50.2 Å². The molecule has 0 bridgehead atoms. The number of ether oxygens (including phenoxy) is 1. The van der Waals surface area contributed by atoms with Crippen molar-refractivity contribution in [2.45, 2.75) is 45.4 Å². The highest BCUT2D eigenvalue weighted by Gasteiger charge is 2.31. The van der Waals surface area contributed by atoms with Crippen LogP contribution in [0.5, 0.6) is 0 Å². The highest BCUT2D eigenvalue weighted by atomic mass is 32.1. The Morgan fingerprint density at radius 1 is 1.20 bits per heavy atom. The standard InChI is InChI=1S/C24H27N3O2S/c1-2-29-24(28)17-10-7-13-27(15-17)22-21-18-11-6-12-19(18)30-23(21)26-20(25-22)14-16-8-4-3-5-9-16/h3-5,8-9,17H,2,6-7,10-15H2,1H3. The number of anilines is 1. The summed E-state index contributed by atoms with van der Waals surface area (Å²) < 4.78 is 5.32. The normalized spacial score (nSPS) is 18.6. The van der Waals surface area contributed by atoms with Gasteiger partial charge >= 0.3 is 5.97 Å². The Kier molecular flexibility index (Phi) is 5.42. The fourth-order valence-corrected chi connectivity index (χ4v) is 6.00. The number of rotatable bonds is 5. The lowest BCUT2D eigenvalue weighted by Crippen LogP contribution is -2.40. The van der Waals surface area contributed by atoms with Crippen LogP contribution in [0, 0.1) is 5.92 Å². The molecule has 30 heavy (non-hydrogen) atoms. The minimum Gasteiger partial charge on any atom is -0.466 e. The average Bonchev–Trinajstić information content (AvgIpc) is 3.35. The van der Waals surface area contributed by atoms with Gasteiger partial charge in [-0.2, -0.15) is 0 Å². The third kappa shape index (κ3) is 3.69. The van der Waals surface area contributed by atoms with E-state index >= 15 is 0 Å². The minimum absolute atomic E-state index is 0.0760. The summed E-state index contributed by atoms with van der Waals surface area (Å²) in [6.45, 7) is 3.92. The molecule has 1 aromatic carbocycles. The Hall–Kier alpha value is -2.47. The molecule has 156 valence electrons. The third-order valence-electron chi connectivity index (χ3n) is 6.14. The largest absolute Gasteiger partial charge is 0.466 e. The molecule has 3 heterocycles. The molecule has 2 aliphatic rings. The number of piperidine rings is 1. The Morgan fingerprint density at radius 3 is 2.90 bits per heavy atom. The van der Waals surface area contributed by atoms with Crippen LogP contribution in [0.25, 0.3) is 10.2 Å². The van der Waals surface area contributed by atoms with Crippen LogP contribution in [-0.2, 0) is 28.8 Å². The summed E-state index contributed by atoms with van der Waals surface area (Å²) in [5.74, 6) is 1.74. The number of esters is 1. The number of aromatic nitrogens is 2. The number of nitrogens with zero attached hydrogens (tertiary/aromatic N) is 3. The predicted octanol–water partition coefficient (Wildman–Crippen LogP) is 4.55. The third-order valence-corrected chi connectivity index (χ3v) is 7.32. The topological polar surface area (TPSA) is 55.3 Å². The molecule has 1 unspecified atom stereocenters. The number of fused-ring (bicyclic) bond motifs is 3. The number of aryl methyl sites for hydroxylation is 2. The van der Waals surface area contributed by atoms with E-state index in [1.54, 1.807) is 0 Å². The van der Waals surface area contributed by atoms with E-state index in [9.17, 15) is 4.79 Å². The van der Waals surface area contributed by atoms with E-state index in [0.717, 1.165) is 55.1 Å². The summed E-state index contributed by atoms with van der Waals surface area (Å²) in [5, 5.41) is 1.23. The Morgan fingerprint density at radius 2 is 2.07 bits per heavy atom. The fraction of sp³-hybridized carbons (Fsp3) is 0.458. The van der Waals surface area contributed by atoms with Gasteiger partial charge in [0.1, 0.15) is 16.5 Å². The molecule has 2 aromatic heterocycles. The van der Waals surface area contributed by atoms with Gasteiger partial charge in [-0.15, -0.1) is 11.3 Å². The predicted molar refractivity (Wildman–Crippen MR) is 120 cm³/mol. The van der Waals surface area contributed by atoms with E-state index in [0.29, 0.717) is 13.2 Å². The van der Waals surface area contributed by atoms with Crippen LogP contribution in [0.3, 0.4) is 0 Å². The summed E-state index contributed by atoms with van der Waals surface area (Å²) in [4.78, 5) is 27.3. The van der Waals surface area contributed by atoms with Gasteiger partial charge in [0.15, 0.2) is 0 Å². The zero-order chi connectivity index (χ0) is 20.5. The molecule has 1 aliphatic heterocycles. The number of thiophene rings is 1. The molecule has 0 radical (unpaired) electrons. The SMILES string of the molecule is CCOC(=O)C1CCCN(c2nc(Cc3ccccc3)nc3sc4c(c23)CCC4)C1. The molecule has 1 saturated heterocycles. The van der Waals surface area contributed by atoms with Crippen LogP contribution in [0.4, 0.5) is 5.82 Å². The molecule has 0 spiro atoms. The van der Waals surface area contributed by atoms with Crippen molar-refractivity contribution in [2.24, 2.45) is 5.92 Å². The van der Waals surface area contributed by atoms with Crippen LogP contribution in [0.2, 0.25) is 0 Å². The molecule has 5 nitrogen and oxygen atoms in total. The summed E-state index contributed by atoms with van der Waals surface area (Å²) >= 11 is 1.84. The average molecular weight is 422 g/mol. The molecule has 1 aliphatic carbocycles. The van der Waals surface area contributed by atoms with Crippen LogP contribution in [0.15, 0.2) is 30.3 Å². The Balaban J connectivity index is 1.54. The van der Waals surface area contributed by atoms with Crippen molar-refractivity contribution in [1.82, 2.24) is 9.97 Å². The first-order valence-electron chi connectivity index (χ1n) is 11.0. The number of hydrogen-bond acceptors (Lipinski definition) is 6. The van der Waals surface area contributed by atoms with Gasteiger partial charge in [0.2, 0.25) is 0 Å². The van der Waals surface area contributed by atoms with E-state index in [2.05, 4.69) is 29.2 Å². The quantitative estimate of drug-likeness (QED) is 0.566. The molecule has 0 saturated carbocycles. The molecule has 0 amide bonds. The monoisotopic (exact) mass is 421 g/mol. The van der Waals surface area contributed by atoms with Crippen LogP contribution >= 0.6 is 11.3 Å². The molecular formula is C24H27N3O2S. The van der Waals surface area contributed by atoms with Crippen molar-refractivity contribution in [3.63, 3.8) is 0 Å². The summed E-state index contributed by atoms with van der Waals surface area (Å²) in [6.07, 6.45) is 6.07. The second-order valence-electron chi connectivity index (χ2n) is 8.20. The molecule has 3 aromatic rings. The van der Waals surface area contributed by atoms with Gasteiger partial charge in [-0.25, -0.2) is 9.97 Å². The Bertz CT molecular complexity index is 1060. The van der Waals surface area contributed by atoms with Gasteiger partial charge < -0.3 is 9.64 Å². The number of benzene rings is 1. The highest BCUT2D eigenvalue weighted by Crippen LogP contribution is 2.41. The van der Waals surface area contributed by atoms with Crippen molar-refractivity contribution < 1.29 is 9.53 Å². The smallest absolute Gasteiger partial charge is 0.310 e. The second-order valence-corrected chi connectivity index (χ2v) is 9.28. The van der Waals surface area contributed by atoms with E-state index in [-0.39, 0.29) is 11.9 Å². The zero-order valence-corrected chi connectivity index (χ0v) is 18.2. The van der Waals surface area contributed by atoms with Crippen LogP contribution in [-0.4, -0.2) is 35.6 Å². The van der Waals surface area contributed by atoms with Crippen molar-refractivity contribution >= 4 is 33.3 Å². The van der Waals surface area contributed by atoms with Crippen molar-refractivity contribution in [1.29, 1.82) is 0 Å². The maximum atomic E-state index is 12.4. The maximum absolute atomic E-state index is 12.4. The first-order chi connectivity index (χ1) is 14.7. The van der Waals surface area contributed by atoms with Gasteiger partial charge in [-0.1, -0.05) is 30.3 Å². The van der Waals surface area contributed by atoms with Crippen LogP contribution < -0.4 is 4.90 Å². The lowest BCUT2D eigenvalue weighted by atomic mass is 9.97. The summed E-state index contributed by atoms with van der Waals surface area (Å²) in [7, 11) is 0. The molecule has 1 atom stereocenters. The first kappa shape index (κ1) is 19.5. The van der Waals surface area contributed by atoms with Crippen molar-refractivity contribution in [3.8, 4) is 0 Å². The van der Waals surface area contributed by atoms with E-state index < -0.39 is 0 Å². The van der Waals surface area contributed by atoms with Crippen LogP contribution in [0.1, 0.15) is 48.0 Å². The summed E-state index contributed by atoms with van der Waals surface area (Å²) in [6, 6.07) is 10.4. The van der Waals surface area contributed by atoms with Crippen molar-refractivity contribution in [3.05, 3.63) is 52.2 Å². The van der Waals surface area contributed by atoms with E-state index in [1.165, 1.54) is 27.8 Å². The van der Waals surface area contributed by atoms with Gasteiger partial charge in [0.25, 0.3) is 0 Å². The molecule has 1 fully saturated rings. The zero-order valence-electron chi connectivity index (χ0n) is 17.4. The molecule has 6 heteroatoms. The lowest BCUT2D eigenvalue weighted by Gasteiger charge is -2.33. The molecular weight excluding hydrogens is 394 g/mol. The minimum atomic E-state index is -0.0763. The lowest BCUT2D eigenvalue weighted by molar-refractivity contribution is -0.148. The molecule has 5 rings (SSSR count). The number of carbonyl (C=O) groups is 1. The highest BCUT2D eigenvalue weighted by molar-refractivity contribution is 7.19. The number of hydrogen-bond donors (Lipinski definition) is 0. The van der Waals surface area contributed by atoms with Gasteiger partial charge in [-0.3, -0.25) is 4.79 Å². The van der Waals surface area contributed by atoms with Gasteiger partial charge in [0, 0.05) is 24.4 Å². The second kappa shape index (κ2) is 8.34. The Labute approximate surface area is 181 Å². The molecule has 0 N–H and O–H groups in total. The number of carbonyl (C=O) groups excluding carboxylic acids is 1. The maximum Gasteiger partial charge on any atom is 0.310 e. The fourth-order valence-electron chi connectivity index (χ4n) is 4.73. The summed E-state index contributed by atoms with van der Waals surface area (Å²) in [5.41, 5.74) is 2.66. The van der Waals surface area contributed by atoms with E-state index in [4.69, 9.17) is 14.7 Å².